The average Bonchev–Trinajstić information content (AvgIpc) is 2.45. The van der Waals surface area contributed by atoms with Crippen molar-refractivity contribution in [3.8, 4) is 5.75 Å². The fourth-order valence-corrected chi connectivity index (χ4v) is 2.82. The monoisotopic (exact) mass is 304 g/mol. The predicted octanol–water partition coefficient (Wildman–Crippen LogP) is 3.48. The second kappa shape index (κ2) is 6.95. The van der Waals surface area contributed by atoms with Gasteiger partial charge in [-0.3, -0.25) is 9.59 Å². The Morgan fingerprint density at radius 3 is 2.73 bits per heavy atom. The summed E-state index contributed by atoms with van der Waals surface area (Å²) in [6.07, 6.45) is 2.10. The molecule has 0 radical (unpaired) electrons. The predicted molar refractivity (Wildman–Crippen MR) is 84.3 cm³/mol. The average molecular weight is 304 g/mol. The fraction of sp³-hybridized carbons (Fsp3) is 0.556. The van der Waals surface area contributed by atoms with Gasteiger partial charge in [0.05, 0.1) is 19.1 Å². The van der Waals surface area contributed by atoms with Gasteiger partial charge in [-0.1, -0.05) is 19.9 Å². The highest BCUT2D eigenvalue weighted by molar-refractivity contribution is 5.99. The molecule has 1 aliphatic rings. The van der Waals surface area contributed by atoms with E-state index in [9.17, 15) is 9.59 Å². The summed E-state index contributed by atoms with van der Waals surface area (Å²) in [5.74, 6) is 0.791. The Bertz CT molecular complexity index is 575. The van der Waals surface area contributed by atoms with Gasteiger partial charge in [0.2, 0.25) is 0 Å². The number of methoxy groups -OCH3 is 1. The molecule has 0 bridgehead atoms. The molecule has 0 aromatic heterocycles. The molecule has 1 aromatic carbocycles. The molecule has 1 atom stereocenters. The number of ether oxygens (including phenoxy) is 2. The van der Waals surface area contributed by atoms with Crippen LogP contribution in [0.25, 0.3) is 0 Å². The van der Waals surface area contributed by atoms with Gasteiger partial charge in [0.1, 0.15) is 11.9 Å². The van der Waals surface area contributed by atoms with E-state index in [0.717, 1.165) is 24.0 Å². The topological polar surface area (TPSA) is 52.6 Å². The molecule has 1 heterocycles. The second-order valence-corrected chi connectivity index (χ2v) is 6.38. The summed E-state index contributed by atoms with van der Waals surface area (Å²) >= 11 is 0. The molecular weight excluding hydrogens is 280 g/mol. The van der Waals surface area contributed by atoms with Crippen LogP contribution in [0.2, 0.25) is 0 Å². The van der Waals surface area contributed by atoms with E-state index in [0.29, 0.717) is 23.7 Å². The molecule has 120 valence electrons. The first-order valence-corrected chi connectivity index (χ1v) is 7.81. The van der Waals surface area contributed by atoms with Gasteiger partial charge < -0.3 is 9.47 Å². The lowest BCUT2D eigenvalue weighted by atomic mass is 9.92. The highest BCUT2D eigenvalue weighted by Gasteiger charge is 2.27. The molecule has 2 rings (SSSR count). The van der Waals surface area contributed by atoms with Gasteiger partial charge in [-0.2, -0.15) is 0 Å². The van der Waals surface area contributed by atoms with E-state index in [1.165, 1.54) is 7.11 Å². The molecule has 0 amide bonds. The Labute approximate surface area is 131 Å². The molecule has 4 heteroatoms. The van der Waals surface area contributed by atoms with Crippen LogP contribution in [0.4, 0.5) is 0 Å². The van der Waals surface area contributed by atoms with E-state index < -0.39 is 0 Å². The van der Waals surface area contributed by atoms with Crippen LogP contribution in [-0.4, -0.2) is 25.0 Å². The van der Waals surface area contributed by atoms with E-state index >= 15 is 0 Å². The van der Waals surface area contributed by atoms with Crippen molar-refractivity contribution < 1.29 is 19.1 Å². The lowest BCUT2D eigenvalue weighted by Crippen LogP contribution is -2.27. The SMILES string of the molecule is COC(=O)CC1CCc2cc(C)cc(C(=O)CC(C)C)c2O1. The Morgan fingerprint density at radius 2 is 2.09 bits per heavy atom. The summed E-state index contributed by atoms with van der Waals surface area (Å²) < 4.78 is 10.7. The third-order valence-electron chi connectivity index (χ3n) is 3.85. The normalized spacial score (nSPS) is 16.9. The number of benzene rings is 1. The number of carbonyl (C=O) groups is 2. The number of rotatable bonds is 5. The van der Waals surface area contributed by atoms with Crippen molar-refractivity contribution in [3.63, 3.8) is 0 Å². The van der Waals surface area contributed by atoms with Crippen LogP contribution in [0.5, 0.6) is 5.75 Å². The molecule has 0 fully saturated rings. The van der Waals surface area contributed by atoms with Crippen molar-refractivity contribution in [2.24, 2.45) is 5.92 Å². The molecule has 0 saturated heterocycles. The molecule has 0 spiro atoms. The minimum absolute atomic E-state index is 0.105. The van der Waals surface area contributed by atoms with Gasteiger partial charge in [0.25, 0.3) is 0 Å². The highest BCUT2D eigenvalue weighted by atomic mass is 16.5. The van der Waals surface area contributed by atoms with Crippen molar-refractivity contribution in [3.05, 3.63) is 28.8 Å². The molecular formula is C18H24O4. The van der Waals surface area contributed by atoms with Crippen LogP contribution >= 0.6 is 0 Å². The largest absolute Gasteiger partial charge is 0.489 e. The van der Waals surface area contributed by atoms with E-state index in [1.54, 1.807) is 0 Å². The lowest BCUT2D eigenvalue weighted by Gasteiger charge is -2.27. The smallest absolute Gasteiger partial charge is 0.309 e. The lowest BCUT2D eigenvalue weighted by molar-refractivity contribution is -0.142. The molecule has 1 unspecified atom stereocenters. The van der Waals surface area contributed by atoms with Crippen LogP contribution in [0.1, 0.15) is 54.6 Å². The Morgan fingerprint density at radius 1 is 1.36 bits per heavy atom. The zero-order chi connectivity index (χ0) is 16.3. The highest BCUT2D eigenvalue weighted by Crippen LogP contribution is 2.34. The van der Waals surface area contributed by atoms with Gasteiger partial charge in [0.15, 0.2) is 5.78 Å². The minimum atomic E-state index is -0.282. The fourth-order valence-electron chi connectivity index (χ4n) is 2.82. The van der Waals surface area contributed by atoms with Crippen molar-refractivity contribution in [1.82, 2.24) is 0 Å². The third-order valence-corrected chi connectivity index (χ3v) is 3.85. The number of esters is 1. The van der Waals surface area contributed by atoms with E-state index in [1.807, 2.05) is 26.8 Å². The van der Waals surface area contributed by atoms with E-state index in [2.05, 4.69) is 6.07 Å². The Kier molecular flexibility index (Phi) is 5.22. The van der Waals surface area contributed by atoms with Crippen LogP contribution < -0.4 is 4.74 Å². The molecule has 1 aromatic rings. The number of Topliss-reactive ketones (excluding diaryl/α,β-unsaturated/α-hetero) is 1. The molecule has 22 heavy (non-hydrogen) atoms. The molecule has 0 aliphatic carbocycles. The van der Waals surface area contributed by atoms with Crippen LogP contribution in [0.3, 0.4) is 0 Å². The van der Waals surface area contributed by atoms with Crippen molar-refractivity contribution in [2.75, 3.05) is 7.11 Å². The van der Waals surface area contributed by atoms with Crippen molar-refractivity contribution in [1.29, 1.82) is 0 Å². The van der Waals surface area contributed by atoms with Gasteiger partial charge in [0, 0.05) is 6.42 Å². The zero-order valence-corrected chi connectivity index (χ0v) is 13.8. The number of aryl methyl sites for hydroxylation is 2. The summed E-state index contributed by atoms with van der Waals surface area (Å²) in [7, 11) is 1.38. The molecule has 4 nitrogen and oxygen atoms in total. The first kappa shape index (κ1) is 16.5. The molecule has 0 N–H and O–H groups in total. The standard InChI is InChI=1S/C18H24O4/c1-11(2)7-16(19)15-9-12(3)8-13-5-6-14(22-18(13)15)10-17(20)21-4/h8-9,11,14H,5-7,10H2,1-4H3. The molecule has 1 aliphatic heterocycles. The van der Waals surface area contributed by atoms with Crippen LogP contribution in [-0.2, 0) is 16.0 Å². The number of ketones is 1. The van der Waals surface area contributed by atoms with E-state index in [4.69, 9.17) is 9.47 Å². The second-order valence-electron chi connectivity index (χ2n) is 6.38. The Hall–Kier alpha value is -1.84. The quantitative estimate of drug-likeness (QED) is 0.617. The third kappa shape index (κ3) is 3.87. The van der Waals surface area contributed by atoms with Gasteiger partial charge in [-0.05, 0) is 42.9 Å². The van der Waals surface area contributed by atoms with Gasteiger partial charge in [-0.15, -0.1) is 0 Å². The maximum Gasteiger partial charge on any atom is 0.309 e. The number of carbonyl (C=O) groups excluding carboxylic acids is 2. The summed E-state index contributed by atoms with van der Waals surface area (Å²) in [5.41, 5.74) is 2.78. The summed E-state index contributed by atoms with van der Waals surface area (Å²) in [4.78, 5) is 23.9. The van der Waals surface area contributed by atoms with Crippen LogP contribution in [0.15, 0.2) is 12.1 Å². The maximum atomic E-state index is 12.5. The number of hydrogen-bond donors (Lipinski definition) is 0. The summed E-state index contributed by atoms with van der Waals surface area (Å²) in [6.45, 7) is 6.05. The zero-order valence-electron chi connectivity index (χ0n) is 13.8. The number of fused-ring (bicyclic) bond motifs is 1. The first-order valence-electron chi connectivity index (χ1n) is 7.81. The van der Waals surface area contributed by atoms with Gasteiger partial charge >= 0.3 is 5.97 Å². The van der Waals surface area contributed by atoms with Crippen LogP contribution in [0, 0.1) is 12.8 Å². The first-order chi connectivity index (χ1) is 10.4. The molecule has 0 saturated carbocycles. The van der Waals surface area contributed by atoms with Gasteiger partial charge in [-0.25, -0.2) is 0 Å². The van der Waals surface area contributed by atoms with Crippen molar-refractivity contribution in [2.45, 2.75) is 52.6 Å². The minimum Gasteiger partial charge on any atom is -0.489 e. The maximum absolute atomic E-state index is 12.5. The number of hydrogen-bond acceptors (Lipinski definition) is 4. The van der Waals surface area contributed by atoms with Crippen molar-refractivity contribution >= 4 is 11.8 Å². The summed E-state index contributed by atoms with van der Waals surface area (Å²) in [5, 5.41) is 0. The summed E-state index contributed by atoms with van der Waals surface area (Å²) in [6, 6.07) is 3.96. The Balaban J connectivity index is 2.28. The van der Waals surface area contributed by atoms with E-state index in [-0.39, 0.29) is 24.3 Å².